The maximum absolute atomic E-state index is 13.3. The van der Waals surface area contributed by atoms with E-state index < -0.39 is 15.8 Å². The van der Waals surface area contributed by atoms with E-state index in [0.29, 0.717) is 35.6 Å². The van der Waals surface area contributed by atoms with Crippen LogP contribution in [0.15, 0.2) is 41.3 Å². The maximum atomic E-state index is 13.3. The van der Waals surface area contributed by atoms with Gasteiger partial charge in [0.05, 0.1) is 24.3 Å². The number of anilines is 1. The number of esters is 1. The van der Waals surface area contributed by atoms with Crippen LogP contribution < -0.4 is 4.31 Å². The first-order chi connectivity index (χ1) is 15.7. The monoisotopic (exact) mass is 474 g/mol. The fraction of sp³-hybridized carbons (Fsp3) is 0.261. The normalized spacial score (nSPS) is 11.4. The highest BCUT2D eigenvalue weighted by atomic mass is 32.2. The molecule has 3 aromatic rings. The molecule has 174 valence electrons. The Morgan fingerprint density at radius 3 is 2.55 bits per heavy atom. The van der Waals surface area contributed by atoms with Crippen LogP contribution in [-0.2, 0) is 19.6 Å². The maximum Gasteiger partial charge on any atom is 0.305 e. The number of furan rings is 1. The van der Waals surface area contributed by atoms with Crippen molar-refractivity contribution in [1.29, 1.82) is 0 Å². The number of hydrogen-bond acceptors (Lipinski definition) is 7. The number of benzene rings is 1. The summed E-state index contributed by atoms with van der Waals surface area (Å²) in [4.78, 5) is 27.6. The number of carbonyl (C=O) groups excluding carboxylic acids is 2. The molecule has 2 aromatic heterocycles. The number of ether oxygens (including phenoxy) is 1. The number of unbranched alkanes of at least 4 members (excludes halogenated alkanes) is 1. The summed E-state index contributed by atoms with van der Waals surface area (Å²) in [7, 11) is -2.45. The Hall–Kier alpha value is -3.53. The molecule has 0 unspecified atom stereocenters. The molecule has 0 saturated carbocycles. The van der Waals surface area contributed by atoms with Gasteiger partial charge in [0.2, 0.25) is 15.7 Å². The van der Waals surface area contributed by atoms with Crippen molar-refractivity contribution in [2.75, 3.05) is 24.2 Å². The predicted octanol–water partition coefficient (Wildman–Crippen LogP) is 4.20. The number of methoxy groups -OCH3 is 1. The first-order valence-corrected chi connectivity index (χ1v) is 11.9. The smallest absolute Gasteiger partial charge is 0.305 e. The van der Waals surface area contributed by atoms with E-state index in [1.807, 2.05) is 0 Å². The largest absolute Gasteiger partial charge is 0.469 e. The Kier molecular flexibility index (Phi) is 7.27. The Morgan fingerprint density at radius 2 is 1.97 bits per heavy atom. The molecule has 0 saturated heterocycles. The zero-order valence-corrected chi connectivity index (χ0v) is 19.0. The highest BCUT2D eigenvalue weighted by molar-refractivity contribution is 7.92. The third-order valence-corrected chi connectivity index (χ3v) is 6.19. The van der Waals surface area contributed by atoms with Gasteiger partial charge in [0.1, 0.15) is 11.6 Å². The second-order valence-electron chi connectivity index (χ2n) is 7.30. The average Bonchev–Trinajstić information content (AvgIpc) is 3.14. The van der Waals surface area contributed by atoms with Gasteiger partial charge in [-0.25, -0.2) is 12.8 Å². The summed E-state index contributed by atoms with van der Waals surface area (Å²) >= 11 is 0. The molecular formula is C23H23FN2O6S. The number of carbonyl (C=O) groups is 2. The van der Waals surface area contributed by atoms with Gasteiger partial charge in [-0.2, -0.15) is 4.98 Å². The molecule has 2 heterocycles. The van der Waals surface area contributed by atoms with Crippen LogP contribution in [0, 0.1) is 5.82 Å². The van der Waals surface area contributed by atoms with E-state index in [1.165, 1.54) is 37.5 Å². The standard InChI is InChI=1S/C23H23FN2O6S/c1-4-15-13-18-19(14-27)21(16-8-10-17(24)11-9-16)32-23(18)25-22(15)26(33(3,29)30)12-6-5-7-20(28)31-2/h4,8-11,13-14H,1,5-7,12H2,2-3H3. The zero-order chi connectivity index (χ0) is 24.2. The molecule has 0 amide bonds. The van der Waals surface area contributed by atoms with Crippen LogP contribution >= 0.6 is 0 Å². The minimum atomic E-state index is -3.74. The lowest BCUT2D eigenvalue weighted by molar-refractivity contribution is -0.140. The molecule has 0 aliphatic heterocycles. The number of hydrogen-bond donors (Lipinski definition) is 0. The van der Waals surface area contributed by atoms with Crippen LogP contribution in [0.5, 0.6) is 0 Å². The predicted molar refractivity (Wildman–Crippen MR) is 123 cm³/mol. The van der Waals surface area contributed by atoms with Gasteiger partial charge in [-0.05, 0) is 43.2 Å². The minimum absolute atomic E-state index is 0.0558. The van der Waals surface area contributed by atoms with Crippen LogP contribution in [0.4, 0.5) is 10.2 Å². The second-order valence-corrected chi connectivity index (χ2v) is 9.20. The fourth-order valence-electron chi connectivity index (χ4n) is 3.39. The van der Waals surface area contributed by atoms with E-state index in [4.69, 9.17) is 4.42 Å². The summed E-state index contributed by atoms with van der Waals surface area (Å²) in [6.07, 6.45) is 4.07. The van der Waals surface area contributed by atoms with Crippen molar-refractivity contribution >= 4 is 45.3 Å². The third-order valence-electron chi connectivity index (χ3n) is 5.03. The number of pyridine rings is 1. The molecule has 3 rings (SSSR count). The molecule has 0 aliphatic carbocycles. The molecular weight excluding hydrogens is 451 g/mol. The summed E-state index contributed by atoms with van der Waals surface area (Å²) in [6.45, 7) is 3.81. The fourth-order valence-corrected chi connectivity index (χ4v) is 4.31. The number of aldehydes is 1. The van der Waals surface area contributed by atoms with Crippen LogP contribution in [0.2, 0.25) is 0 Å². The number of nitrogens with zero attached hydrogens (tertiary/aromatic N) is 2. The van der Waals surface area contributed by atoms with Crippen LogP contribution in [-0.4, -0.2) is 45.6 Å². The lowest BCUT2D eigenvalue weighted by atomic mass is 10.1. The number of sulfonamides is 1. The van der Waals surface area contributed by atoms with Gasteiger partial charge in [0, 0.05) is 24.1 Å². The molecule has 33 heavy (non-hydrogen) atoms. The van der Waals surface area contributed by atoms with E-state index in [2.05, 4.69) is 16.3 Å². The van der Waals surface area contributed by atoms with Crippen LogP contribution in [0.3, 0.4) is 0 Å². The molecule has 0 radical (unpaired) electrons. The minimum Gasteiger partial charge on any atom is -0.469 e. The molecule has 0 aliphatic rings. The molecule has 0 N–H and O–H groups in total. The topological polar surface area (TPSA) is 107 Å². The SMILES string of the molecule is C=Cc1cc2c(C=O)c(-c3ccc(F)cc3)oc2nc1N(CCCCC(=O)OC)S(C)(=O)=O. The average molecular weight is 475 g/mol. The van der Waals surface area contributed by atoms with Gasteiger partial charge in [0.25, 0.3) is 0 Å². The quantitative estimate of drug-likeness (QED) is 0.246. The van der Waals surface area contributed by atoms with Gasteiger partial charge in [0.15, 0.2) is 12.1 Å². The number of halogens is 1. The van der Waals surface area contributed by atoms with E-state index in [9.17, 15) is 22.4 Å². The van der Waals surface area contributed by atoms with Crippen LogP contribution in [0.25, 0.3) is 28.5 Å². The summed E-state index contributed by atoms with van der Waals surface area (Å²) < 4.78 is 49.9. The summed E-state index contributed by atoms with van der Waals surface area (Å²) in [5.74, 6) is -0.524. The Bertz CT molecular complexity index is 1300. The highest BCUT2D eigenvalue weighted by Crippen LogP contribution is 2.35. The molecule has 10 heteroatoms. The van der Waals surface area contributed by atoms with Crippen molar-refractivity contribution in [2.24, 2.45) is 0 Å². The van der Waals surface area contributed by atoms with Gasteiger partial charge in [-0.3, -0.25) is 13.9 Å². The number of rotatable bonds is 10. The van der Waals surface area contributed by atoms with Gasteiger partial charge >= 0.3 is 5.97 Å². The highest BCUT2D eigenvalue weighted by Gasteiger charge is 2.25. The molecule has 0 bridgehead atoms. The molecule has 0 atom stereocenters. The zero-order valence-electron chi connectivity index (χ0n) is 18.2. The first kappa shape index (κ1) is 24.1. The molecule has 1 aromatic carbocycles. The van der Waals surface area contributed by atoms with Crippen molar-refractivity contribution in [2.45, 2.75) is 19.3 Å². The van der Waals surface area contributed by atoms with Crippen LogP contribution in [0.1, 0.15) is 35.2 Å². The van der Waals surface area contributed by atoms with E-state index in [-0.39, 0.29) is 41.8 Å². The van der Waals surface area contributed by atoms with E-state index in [1.54, 1.807) is 6.07 Å². The van der Waals surface area contributed by atoms with Crippen molar-refractivity contribution in [1.82, 2.24) is 4.98 Å². The van der Waals surface area contributed by atoms with E-state index in [0.717, 1.165) is 10.6 Å². The van der Waals surface area contributed by atoms with Crippen molar-refractivity contribution < 1.29 is 31.6 Å². The first-order valence-electron chi connectivity index (χ1n) is 10.0. The Balaban J connectivity index is 2.07. The molecule has 0 fully saturated rings. The van der Waals surface area contributed by atoms with E-state index >= 15 is 0 Å². The van der Waals surface area contributed by atoms with Gasteiger partial charge in [-0.15, -0.1) is 0 Å². The summed E-state index contributed by atoms with van der Waals surface area (Å²) in [6, 6.07) is 7.01. The van der Waals surface area contributed by atoms with Crippen molar-refractivity contribution in [3.63, 3.8) is 0 Å². The number of fused-ring (bicyclic) bond motifs is 1. The second kappa shape index (κ2) is 9.95. The van der Waals surface area contributed by atoms with Gasteiger partial charge in [-0.1, -0.05) is 12.7 Å². The molecule has 8 nitrogen and oxygen atoms in total. The summed E-state index contributed by atoms with van der Waals surface area (Å²) in [5.41, 5.74) is 1.12. The lowest BCUT2D eigenvalue weighted by Gasteiger charge is -2.22. The lowest BCUT2D eigenvalue weighted by Crippen LogP contribution is -2.32. The van der Waals surface area contributed by atoms with Gasteiger partial charge < -0.3 is 9.15 Å². The van der Waals surface area contributed by atoms with Crippen molar-refractivity contribution in [3.05, 3.63) is 53.9 Å². The Morgan fingerprint density at radius 1 is 1.27 bits per heavy atom. The Labute approximate surface area is 190 Å². The summed E-state index contributed by atoms with van der Waals surface area (Å²) in [5, 5.41) is 0.377. The third kappa shape index (κ3) is 5.28. The number of aromatic nitrogens is 1. The van der Waals surface area contributed by atoms with Crippen molar-refractivity contribution in [3.8, 4) is 11.3 Å². The molecule has 0 spiro atoms.